The number of hydrogen-bond acceptors (Lipinski definition) is 6. The summed E-state index contributed by atoms with van der Waals surface area (Å²) in [6.07, 6.45) is 2.69. The van der Waals surface area contributed by atoms with Gasteiger partial charge in [-0.3, -0.25) is 9.59 Å². The predicted octanol–water partition coefficient (Wildman–Crippen LogP) is 5.08. The Morgan fingerprint density at radius 3 is 2.71 bits per heavy atom. The number of nitrogens with one attached hydrogen (secondary N) is 2. The molecule has 10 heteroatoms. The van der Waals surface area contributed by atoms with Gasteiger partial charge in [0.2, 0.25) is 0 Å². The number of aliphatic carboxylic acids is 1. The third-order valence-electron chi connectivity index (χ3n) is 8.41. The first-order valence-corrected chi connectivity index (χ1v) is 18.4. The lowest BCUT2D eigenvalue weighted by atomic mass is 9.69. The second kappa shape index (κ2) is 12.5. The lowest BCUT2D eigenvalue weighted by Gasteiger charge is -2.42. The van der Waals surface area contributed by atoms with Crippen molar-refractivity contribution in [2.45, 2.75) is 63.6 Å². The number of aryl methyl sites for hydroxylation is 1. The van der Waals surface area contributed by atoms with Gasteiger partial charge in [-0.2, -0.15) is 5.10 Å². The minimum absolute atomic E-state index is 0.0677. The number of para-hydroxylation sites is 1. The number of hydrogen-bond donors (Lipinski definition) is 3. The SMILES string of the molecule is COCC(C(=O)O)[C@@H]1NCCC(c2cc3ccccc3[nH]c2=O)C1c1cc(C)c2nn(COCC[Si](C)(C)C)cc2c1. The highest BCUT2D eigenvalue weighted by Gasteiger charge is 2.43. The normalized spacial score (nSPS) is 20.3. The van der Waals surface area contributed by atoms with Gasteiger partial charge in [-0.1, -0.05) is 43.9 Å². The predicted molar refractivity (Wildman–Crippen MR) is 168 cm³/mol. The minimum Gasteiger partial charge on any atom is -0.481 e. The number of ether oxygens (including phenoxy) is 2. The van der Waals surface area contributed by atoms with E-state index in [-0.39, 0.29) is 24.0 Å². The van der Waals surface area contributed by atoms with E-state index in [9.17, 15) is 14.7 Å². The number of fused-ring (bicyclic) bond motifs is 2. The van der Waals surface area contributed by atoms with Crippen molar-refractivity contribution in [3.63, 3.8) is 0 Å². The number of carboxylic acids is 1. The fourth-order valence-corrected chi connectivity index (χ4v) is 7.03. The Hall–Kier alpha value is -3.31. The van der Waals surface area contributed by atoms with Crippen molar-refractivity contribution in [2.75, 3.05) is 26.9 Å². The molecule has 3 heterocycles. The van der Waals surface area contributed by atoms with Crippen LogP contribution in [0.5, 0.6) is 0 Å². The van der Waals surface area contributed by atoms with Crippen molar-refractivity contribution < 1.29 is 19.4 Å². The molecule has 9 nitrogen and oxygen atoms in total. The van der Waals surface area contributed by atoms with E-state index in [1.165, 1.54) is 7.11 Å². The van der Waals surface area contributed by atoms with E-state index in [1.807, 2.05) is 48.1 Å². The highest BCUT2D eigenvalue weighted by atomic mass is 28.3. The topological polar surface area (TPSA) is 118 Å². The molecule has 5 rings (SSSR count). The maximum absolute atomic E-state index is 13.5. The number of rotatable bonds is 11. The van der Waals surface area contributed by atoms with Crippen LogP contribution in [-0.4, -0.2) is 66.8 Å². The first-order valence-electron chi connectivity index (χ1n) is 14.7. The largest absolute Gasteiger partial charge is 0.481 e. The van der Waals surface area contributed by atoms with Crippen LogP contribution in [0.2, 0.25) is 25.7 Å². The molecular formula is C32H42N4O5Si. The molecular weight excluding hydrogens is 548 g/mol. The summed E-state index contributed by atoms with van der Waals surface area (Å²) in [4.78, 5) is 29.0. The summed E-state index contributed by atoms with van der Waals surface area (Å²) < 4.78 is 13.2. The Bertz CT molecular complexity index is 1620. The number of piperidine rings is 1. The molecule has 1 aliphatic rings. The van der Waals surface area contributed by atoms with Gasteiger partial charge >= 0.3 is 5.97 Å². The van der Waals surface area contributed by atoms with Gasteiger partial charge in [0, 0.05) is 56.4 Å². The number of carbonyl (C=O) groups is 1. The Morgan fingerprint density at radius 1 is 1.19 bits per heavy atom. The molecule has 224 valence electrons. The second-order valence-electron chi connectivity index (χ2n) is 12.7. The molecule has 3 N–H and O–H groups in total. The summed E-state index contributed by atoms with van der Waals surface area (Å²) in [5.41, 5.74) is 4.20. The van der Waals surface area contributed by atoms with Gasteiger partial charge in [-0.05, 0) is 66.6 Å². The Balaban J connectivity index is 1.56. The smallest absolute Gasteiger partial charge is 0.310 e. The summed E-state index contributed by atoms with van der Waals surface area (Å²) in [5, 5.41) is 20.4. The first kappa shape index (κ1) is 30.2. The van der Waals surface area contributed by atoms with Crippen LogP contribution in [0.15, 0.2) is 53.5 Å². The molecule has 4 atom stereocenters. The molecule has 4 aromatic rings. The van der Waals surface area contributed by atoms with Crippen LogP contribution in [0, 0.1) is 12.8 Å². The fraction of sp³-hybridized carbons (Fsp3) is 0.469. The van der Waals surface area contributed by atoms with Gasteiger partial charge in [0.1, 0.15) is 6.73 Å². The molecule has 0 aliphatic carbocycles. The summed E-state index contributed by atoms with van der Waals surface area (Å²) in [6, 6.07) is 14.6. The molecule has 42 heavy (non-hydrogen) atoms. The molecule has 0 spiro atoms. The zero-order chi connectivity index (χ0) is 30.0. The molecule has 2 aromatic carbocycles. The first-order chi connectivity index (χ1) is 20.1. The molecule has 0 saturated carbocycles. The zero-order valence-corrected chi connectivity index (χ0v) is 26.1. The lowest BCUT2D eigenvalue weighted by Crippen LogP contribution is -2.52. The van der Waals surface area contributed by atoms with Gasteiger partial charge in [-0.15, -0.1) is 0 Å². The van der Waals surface area contributed by atoms with Crippen LogP contribution in [0.25, 0.3) is 21.8 Å². The molecule has 1 saturated heterocycles. The number of benzene rings is 2. The summed E-state index contributed by atoms with van der Waals surface area (Å²) >= 11 is 0. The average molecular weight is 591 g/mol. The Labute approximate surface area is 247 Å². The highest BCUT2D eigenvalue weighted by Crippen LogP contribution is 2.43. The highest BCUT2D eigenvalue weighted by molar-refractivity contribution is 6.76. The number of nitrogens with zero attached hydrogens (tertiary/aromatic N) is 2. The maximum atomic E-state index is 13.5. The third kappa shape index (κ3) is 6.51. The number of methoxy groups -OCH3 is 1. The Morgan fingerprint density at radius 2 is 1.98 bits per heavy atom. The summed E-state index contributed by atoms with van der Waals surface area (Å²) in [6.45, 7) is 10.8. The maximum Gasteiger partial charge on any atom is 0.310 e. The number of H-pyrrole nitrogens is 1. The average Bonchev–Trinajstić information content (AvgIpc) is 3.36. The van der Waals surface area contributed by atoms with E-state index in [0.717, 1.165) is 39.0 Å². The van der Waals surface area contributed by atoms with E-state index >= 15 is 0 Å². The van der Waals surface area contributed by atoms with Gasteiger partial charge in [-0.25, -0.2) is 4.68 Å². The van der Waals surface area contributed by atoms with E-state index in [2.05, 4.69) is 42.1 Å². The standard InChI is InChI=1S/C32H42N4O5Si/c1-20-14-22(15-23-17-36(35-29(20)23)19-41-12-13-42(3,4)5)28-24(10-11-33-30(28)26(18-40-2)32(38)39)25-16-21-8-6-7-9-27(21)34-31(25)37/h6-9,14-17,24,26,28,30,33H,10-13,18-19H2,1-5H3,(H,34,37)(H,38,39)/t24?,26?,28?,30-/m0/s1. The molecule has 2 aromatic heterocycles. The zero-order valence-electron chi connectivity index (χ0n) is 25.1. The summed E-state index contributed by atoms with van der Waals surface area (Å²) in [7, 11) is 0.341. The molecule has 0 amide bonds. The van der Waals surface area contributed by atoms with Crippen molar-refractivity contribution in [3.05, 3.63) is 75.7 Å². The monoisotopic (exact) mass is 590 g/mol. The van der Waals surface area contributed by atoms with Crippen LogP contribution in [-0.2, 0) is 21.0 Å². The lowest BCUT2D eigenvalue weighted by molar-refractivity contribution is -0.145. The molecule has 1 aliphatic heterocycles. The van der Waals surface area contributed by atoms with Gasteiger partial charge in [0.15, 0.2) is 0 Å². The van der Waals surface area contributed by atoms with Gasteiger partial charge in [0.25, 0.3) is 5.56 Å². The van der Waals surface area contributed by atoms with Crippen molar-refractivity contribution >= 4 is 35.8 Å². The summed E-state index contributed by atoms with van der Waals surface area (Å²) in [5.74, 6) is -2.19. The van der Waals surface area contributed by atoms with Crippen LogP contribution in [0.3, 0.4) is 0 Å². The van der Waals surface area contributed by atoms with Crippen molar-refractivity contribution in [1.82, 2.24) is 20.1 Å². The number of pyridine rings is 1. The van der Waals surface area contributed by atoms with Crippen LogP contribution < -0.4 is 10.9 Å². The molecule has 0 bridgehead atoms. The molecule has 3 unspecified atom stereocenters. The van der Waals surface area contributed by atoms with E-state index in [1.54, 1.807) is 0 Å². The number of carboxylic acid groups (broad SMARTS) is 1. The van der Waals surface area contributed by atoms with Crippen molar-refractivity contribution in [1.29, 1.82) is 0 Å². The number of aromatic nitrogens is 3. The second-order valence-corrected chi connectivity index (χ2v) is 18.4. The van der Waals surface area contributed by atoms with Gasteiger partial charge < -0.3 is 24.9 Å². The van der Waals surface area contributed by atoms with Crippen molar-refractivity contribution in [3.8, 4) is 0 Å². The third-order valence-corrected chi connectivity index (χ3v) is 10.1. The number of aromatic amines is 1. The van der Waals surface area contributed by atoms with Crippen molar-refractivity contribution in [2.24, 2.45) is 5.92 Å². The minimum atomic E-state index is -1.18. The van der Waals surface area contributed by atoms with Crippen LogP contribution in [0.1, 0.15) is 34.9 Å². The van der Waals surface area contributed by atoms with Crippen LogP contribution >= 0.6 is 0 Å². The van der Waals surface area contributed by atoms with E-state index in [4.69, 9.17) is 14.6 Å². The van der Waals surface area contributed by atoms with E-state index in [0.29, 0.717) is 31.9 Å². The van der Waals surface area contributed by atoms with Crippen LogP contribution in [0.4, 0.5) is 0 Å². The molecule has 0 radical (unpaired) electrons. The molecule has 1 fully saturated rings. The fourth-order valence-electron chi connectivity index (χ4n) is 6.27. The Kier molecular flexibility index (Phi) is 8.98. The van der Waals surface area contributed by atoms with E-state index < -0.39 is 26.0 Å². The van der Waals surface area contributed by atoms with Gasteiger partial charge in [0.05, 0.1) is 18.0 Å². The quantitative estimate of drug-likeness (QED) is 0.165.